The summed E-state index contributed by atoms with van der Waals surface area (Å²) in [6.45, 7) is 0. The van der Waals surface area contributed by atoms with Crippen LogP contribution in [0.5, 0.6) is 0 Å². The van der Waals surface area contributed by atoms with Gasteiger partial charge in [0, 0.05) is 26.9 Å². The predicted octanol–water partition coefficient (Wildman–Crippen LogP) is 14.3. The number of hydrogen-bond acceptors (Lipinski definition) is 2. The van der Waals surface area contributed by atoms with E-state index in [4.69, 9.17) is 0 Å². The summed E-state index contributed by atoms with van der Waals surface area (Å²) in [4.78, 5) is 5.06. The largest absolute Gasteiger partial charge is 0.310 e. The Bertz CT molecular complexity index is 2950. The first kappa shape index (κ1) is 33.3. The lowest BCUT2D eigenvalue weighted by Gasteiger charge is -2.40. The minimum absolute atomic E-state index is 0.447. The van der Waals surface area contributed by atoms with Gasteiger partial charge in [-0.15, -0.1) is 0 Å². The zero-order chi connectivity index (χ0) is 38.3. The van der Waals surface area contributed by atoms with Crippen molar-refractivity contribution in [2.45, 2.75) is 20.6 Å². The molecule has 0 saturated heterocycles. The van der Waals surface area contributed by atoms with Crippen molar-refractivity contribution < 1.29 is 0 Å². The Hall–Kier alpha value is -6.87. The molecule has 0 amide bonds. The van der Waals surface area contributed by atoms with E-state index in [0.717, 1.165) is 17.1 Å². The van der Waals surface area contributed by atoms with Crippen molar-refractivity contribution in [1.82, 2.24) is 0 Å². The molecule has 0 atom stereocenters. The first-order valence-corrected chi connectivity index (χ1v) is 20.9. The van der Waals surface area contributed by atoms with E-state index in [9.17, 15) is 0 Å². The van der Waals surface area contributed by atoms with Crippen molar-refractivity contribution in [3.05, 3.63) is 269 Å². The molecular formula is C56H37NS. The van der Waals surface area contributed by atoms with E-state index in [-0.39, 0.29) is 0 Å². The monoisotopic (exact) mass is 755 g/mol. The third-order valence-electron chi connectivity index (χ3n) is 12.8. The first-order valence-electron chi connectivity index (χ1n) is 20.1. The zero-order valence-electron chi connectivity index (χ0n) is 31.7. The topological polar surface area (TPSA) is 3.24 Å². The molecule has 0 aromatic heterocycles. The van der Waals surface area contributed by atoms with Gasteiger partial charge < -0.3 is 4.90 Å². The van der Waals surface area contributed by atoms with Gasteiger partial charge in [-0.3, -0.25) is 0 Å². The summed E-state index contributed by atoms with van der Waals surface area (Å²) in [6.07, 6.45) is 0. The summed E-state index contributed by atoms with van der Waals surface area (Å²) in [7, 11) is 0. The Balaban J connectivity index is 1.07. The van der Waals surface area contributed by atoms with Crippen LogP contribution in [-0.2, 0) is 10.8 Å². The minimum atomic E-state index is -0.448. The van der Waals surface area contributed by atoms with Crippen LogP contribution in [0.2, 0.25) is 0 Å². The average Bonchev–Trinajstić information content (AvgIpc) is 3.76. The van der Waals surface area contributed by atoms with Crippen LogP contribution in [0.25, 0.3) is 22.3 Å². The molecule has 2 heteroatoms. The lowest BCUT2D eigenvalue weighted by molar-refractivity contribution is 0.722. The third-order valence-corrected chi connectivity index (χ3v) is 14.0. The molecule has 0 unspecified atom stereocenters. The smallest absolute Gasteiger partial charge is 0.0736 e. The molecule has 0 saturated carbocycles. The normalized spacial score (nSPS) is 14.4. The van der Waals surface area contributed by atoms with Gasteiger partial charge in [-0.05, 0) is 115 Å². The van der Waals surface area contributed by atoms with Gasteiger partial charge in [0.05, 0.1) is 10.8 Å². The standard InChI is InChI=1S/C56H37NS/c1-3-17-38(18-4-1)55(47-24-10-7-21-43(47)44-22-8-11-25-48(44)55)39-31-33-41(34-32-39)57(40-19-5-2-6-20-40)42-35-36-46-45-23-9-12-26-49(45)56(52(46)37-42)50-27-13-15-29-53(50)58-54-30-16-14-28-51(54)56/h1-37H. The molecule has 58 heavy (non-hydrogen) atoms. The third kappa shape index (κ3) is 4.49. The quantitative estimate of drug-likeness (QED) is 0.172. The Morgan fingerprint density at radius 1 is 0.276 bits per heavy atom. The van der Waals surface area contributed by atoms with E-state index in [1.54, 1.807) is 0 Å². The minimum Gasteiger partial charge on any atom is -0.310 e. The Morgan fingerprint density at radius 3 is 1.24 bits per heavy atom. The summed E-state index contributed by atoms with van der Waals surface area (Å²) in [5.74, 6) is 0. The second-order valence-electron chi connectivity index (χ2n) is 15.5. The van der Waals surface area contributed by atoms with Crippen LogP contribution in [0.15, 0.2) is 234 Å². The molecule has 1 nitrogen and oxygen atoms in total. The fraction of sp³-hybridized carbons (Fsp3) is 0.0357. The highest BCUT2D eigenvalue weighted by Gasteiger charge is 2.50. The van der Waals surface area contributed by atoms with Gasteiger partial charge in [0.15, 0.2) is 0 Å². The number of hydrogen-bond donors (Lipinski definition) is 0. The predicted molar refractivity (Wildman–Crippen MR) is 240 cm³/mol. The van der Waals surface area contributed by atoms with Gasteiger partial charge in [0.1, 0.15) is 0 Å². The number of nitrogens with zero attached hydrogens (tertiary/aromatic N) is 1. The molecule has 0 N–H and O–H groups in total. The number of fused-ring (bicyclic) bond motifs is 12. The van der Waals surface area contributed by atoms with Crippen molar-refractivity contribution in [3.63, 3.8) is 0 Å². The lowest BCUT2D eigenvalue weighted by Crippen LogP contribution is -2.32. The van der Waals surface area contributed by atoms with Crippen molar-refractivity contribution in [2.75, 3.05) is 4.90 Å². The van der Waals surface area contributed by atoms with Crippen LogP contribution in [0.4, 0.5) is 17.1 Å². The number of benzene rings is 9. The van der Waals surface area contributed by atoms with E-state index < -0.39 is 10.8 Å². The molecule has 9 aromatic rings. The lowest BCUT2D eigenvalue weighted by atomic mass is 9.67. The highest BCUT2D eigenvalue weighted by molar-refractivity contribution is 7.99. The molecular weight excluding hydrogens is 719 g/mol. The van der Waals surface area contributed by atoms with Gasteiger partial charge in [0.2, 0.25) is 0 Å². The molecule has 3 aliphatic rings. The molecule has 1 aliphatic heterocycles. The maximum atomic E-state index is 2.48. The number of rotatable bonds is 5. The number of anilines is 3. The average molecular weight is 756 g/mol. The maximum absolute atomic E-state index is 2.48. The van der Waals surface area contributed by atoms with Crippen LogP contribution in [0.1, 0.15) is 44.5 Å². The van der Waals surface area contributed by atoms with E-state index in [0.29, 0.717) is 0 Å². The summed E-state index contributed by atoms with van der Waals surface area (Å²) < 4.78 is 0. The van der Waals surface area contributed by atoms with E-state index >= 15 is 0 Å². The van der Waals surface area contributed by atoms with E-state index in [2.05, 4.69) is 229 Å². The summed E-state index contributed by atoms with van der Waals surface area (Å²) in [5, 5.41) is 0. The Kier molecular flexibility index (Phi) is 7.36. The van der Waals surface area contributed by atoms with Crippen LogP contribution < -0.4 is 4.90 Å². The number of para-hydroxylation sites is 1. The molecule has 272 valence electrons. The van der Waals surface area contributed by atoms with Crippen molar-refractivity contribution >= 4 is 28.8 Å². The van der Waals surface area contributed by atoms with Crippen LogP contribution >= 0.6 is 11.8 Å². The Labute approximate surface area is 343 Å². The van der Waals surface area contributed by atoms with Gasteiger partial charge in [-0.2, -0.15) is 0 Å². The molecule has 1 spiro atoms. The summed E-state index contributed by atoms with van der Waals surface area (Å²) >= 11 is 1.89. The fourth-order valence-electron chi connectivity index (χ4n) is 10.6. The molecule has 2 aliphatic carbocycles. The molecule has 0 fully saturated rings. The van der Waals surface area contributed by atoms with Crippen molar-refractivity contribution in [2.24, 2.45) is 0 Å². The van der Waals surface area contributed by atoms with Crippen LogP contribution in [-0.4, -0.2) is 0 Å². The zero-order valence-corrected chi connectivity index (χ0v) is 32.5. The van der Waals surface area contributed by atoms with E-state index in [1.807, 2.05) is 11.8 Å². The van der Waals surface area contributed by atoms with E-state index in [1.165, 1.54) is 76.6 Å². The molecule has 0 radical (unpaired) electrons. The van der Waals surface area contributed by atoms with Crippen molar-refractivity contribution in [3.8, 4) is 22.3 Å². The van der Waals surface area contributed by atoms with Crippen molar-refractivity contribution in [1.29, 1.82) is 0 Å². The highest BCUT2D eigenvalue weighted by atomic mass is 32.2. The van der Waals surface area contributed by atoms with Gasteiger partial charge >= 0.3 is 0 Å². The van der Waals surface area contributed by atoms with Gasteiger partial charge in [0.25, 0.3) is 0 Å². The van der Waals surface area contributed by atoms with Gasteiger partial charge in [-0.1, -0.05) is 188 Å². The molecule has 1 heterocycles. The molecule has 12 rings (SSSR count). The molecule has 0 bridgehead atoms. The summed E-state index contributed by atoms with van der Waals surface area (Å²) in [6, 6.07) is 83.5. The SMILES string of the molecule is c1ccc(N(c2ccc(C3(c4ccccc4)c4ccccc4-c4ccccc43)cc2)c2ccc3c(c2)C2(c4ccccc4Sc4ccccc42)c2ccccc2-3)cc1. The fourth-order valence-corrected chi connectivity index (χ4v) is 11.8. The maximum Gasteiger partial charge on any atom is 0.0736 e. The second kappa shape index (κ2) is 12.8. The summed E-state index contributed by atoms with van der Waals surface area (Å²) in [5.41, 5.74) is 18.2. The van der Waals surface area contributed by atoms with Crippen LogP contribution in [0.3, 0.4) is 0 Å². The second-order valence-corrected chi connectivity index (χ2v) is 16.6. The van der Waals surface area contributed by atoms with Gasteiger partial charge in [-0.25, -0.2) is 0 Å². The first-order chi connectivity index (χ1) is 28.8. The molecule has 9 aromatic carbocycles. The highest BCUT2D eigenvalue weighted by Crippen LogP contribution is 2.63. The Morgan fingerprint density at radius 2 is 0.672 bits per heavy atom. The van der Waals surface area contributed by atoms with Crippen LogP contribution in [0, 0.1) is 0 Å².